The van der Waals surface area contributed by atoms with Crippen LogP contribution in [0.2, 0.25) is 0 Å². The van der Waals surface area contributed by atoms with Crippen LogP contribution in [0.15, 0.2) is 30.5 Å². The average molecular weight is 287 g/mol. The fraction of sp³-hybridized carbons (Fsp3) is 0.438. The molecule has 1 fully saturated rings. The van der Waals surface area contributed by atoms with Gasteiger partial charge in [0.1, 0.15) is 0 Å². The number of aromatic amines is 1. The van der Waals surface area contributed by atoms with Crippen molar-refractivity contribution >= 4 is 22.6 Å². The van der Waals surface area contributed by atoms with E-state index >= 15 is 0 Å². The smallest absolute Gasteiger partial charge is 0.322 e. The Bertz CT molecular complexity index is 621. The second-order valence-electron chi connectivity index (χ2n) is 5.53. The van der Waals surface area contributed by atoms with Gasteiger partial charge in [-0.15, -0.1) is 0 Å². The Balaban J connectivity index is 1.75. The monoisotopic (exact) mass is 287 g/mol. The number of aliphatic hydroxyl groups is 1. The molecule has 1 aliphatic rings. The molecule has 0 unspecified atom stereocenters. The Labute approximate surface area is 124 Å². The predicted molar refractivity (Wildman–Crippen MR) is 83.4 cm³/mol. The summed E-state index contributed by atoms with van der Waals surface area (Å²) in [5, 5.41) is 13.2. The number of para-hydroxylation sites is 1. The van der Waals surface area contributed by atoms with Crippen LogP contribution >= 0.6 is 0 Å². The molecule has 112 valence electrons. The largest absolute Gasteiger partial charge is 0.396 e. The van der Waals surface area contributed by atoms with E-state index < -0.39 is 0 Å². The standard InChI is InChI=1S/C16H21N3O2/c20-10-8-12-5-3-4-9-19(12)16(21)18-15-11-17-14-7-2-1-6-13(14)15/h1-2,6-7,11-12,17,20H,3-5,8-10H2,(H,18,21)/t12-/m0/s1. The summed E-state index contributed by atoms with van der Waals surface area (Å²) in [6, 6.07) is 7.98. The Hall–Kier alpha value is -2.01. The Morgan fingerprint density at radius 3 is 3.10 bits per heavy atom. The van der Waals surface area contributed by atoms with Gasteiger partial charge in [0.25, 0.3) is 0 Å². The number of aromatic nitrogens is 1. The van der Waals surface area contributed by atoms with Gasteiger partial charge in [-0.3, -0.25) is 0 Å². The number of rotatable bonds is 3. The van der Waals surface area contributed by atoms with E-state index in [-0.39, 0.29) is 18.7 Å². The van der Waals surface area contributed by atoms with Gasteiger partial charge in [0, 0.05) is 36.3 Å². The van der Waals surface area contributed by atoms with Gasteiger partial charge in [0.15, 0.2) is 0 Å². The first kappa shape index (κ1) is 13.9. The molecule has 0 saturated carbocycles. The number of H-pyrrole nitrogens is 1. The van der Waals surface area contributed by atoms with E-state index in [0.717, 1.165) is 42.4 Å². The zero-order chi connectivity index (χ0) is 14.7. The highest BCUT2D eigenvalue weighted by molar-refractivity contribution is 6.01. The van der Waals surface area contributed by atoms with Gasteiger partial charge in [0.2, 0.25) is 0 Å². The molecular formula is C16H21N3O2. The molecule has 1 aliphatic heterocycles. The maximum Gasteiger partial charge on any atom is 0.322 e. The zero-order valence-electron chi connectivity index (χ0n) is 12.0. The summed E-state index contributed by atoms with van der Waals surface area (Å²) < 4.78 is 0. The number of piperidine rings is 1. The van der Waals surface area contributed by atoms with Crippen LogP contribution < -0.4 is 5.32 Å². The van der Waals surface area contributed by atoms with Gasteiger partial charge < -0.3 is 20.3 Å². The van der Waals surface area contributed by atoms with Crippen LogP contribution in [-0.4, -0.2) is 40.2 Å². The van der Waals surface area contributed by atoms with Crippen LogP contribution in [0.5, 0.6) is 0 Å². The van der Waals surface area contributed by atoms with E-state index in [1.54, 1.807) is 0 Å². The Morgan fingerprint density at radius 1 is 1.38 bits per heavy atom. The topological polar surface area (TPSA) is 68.4 Å². The minimum atomic E-state index is -0.0714. The average Bonchev–Trinajstić information content (AvgIpc) is 2.91. The van der Waals surface area contributed by atoms with Gasteiger partial charge in [-0.25, -0.2) is 4.79 Å². The molecule has 2 aromatic rings. The lowest BCUT2D eigenvalue weighted by atomic mass is 10.0. The molecule has 2 heterocycles. The van der Waals surface area contributed by atoms with E-state index in [1.165, 1.54) is 0 Å². The third kappa shape index (κ3) is 2.88. The Morgan fingerprint density at radius 2 is 2.24 bits per heavy atom. The third-order valence-corrected chi connectivity index (χ3v) is 4.18. The van der Waals surface area contributed by atoms with E-state index in [0.29, 0.717) is 6.42 Å². The first-order valence-corrected chi connectivity index (χ1v) is 7.54. The number of aliphatic hydroxyl groups excluding tert-OH is 1. The molecule has 1 saturated heterocycles. The van der Waals surface area contributed by atoms with Gasteiger partial charge in [-0.2, -0.15) is 0 Å². The van der Waals surface area contributed by atoms with E-state index in [1.807, 2.05) is 35.4 Å². The van der Waals surface area contributed by atoms with Crippen molar-refractivity contribution in [1.82, 2.24) is 9.88 Å². The van der Waals surface area contributed by atoms with Crippen LogP contribution in [0.1, 0.15) is 25.7 Å². The predicted octanol–water partition coefficient (Wildman–Crippen LogP) is 2.94. The minimum Gasteiger partial charge on any atom is -0.396 e. The van der Waals surface area contributed by atoms with Crippen molar-refractivity contribution < 1.29 is 9.90 Å². The highest BCUT2D eigenvalue weighted by Gasteiger charge is 2.26. The number of nitrogens with zero attached hydrogens (tertiary/aromatic N) is 1. The van der Waals surface area contributed by atoms with Gasteiger partial charge >= 0.3 is 6.03 Å². The second-order valence-corrected chi connectivity index (χ2v) is 5.53. The number of likely N-dealkylation sites (tertiary alicyclic amines) is 1. The molecule has 0 aliphatic carbocycles. The van der Waals surface area contributed by atoms with E-state index in [9.17, 15) is 4.79 Å². The summed E-state index contributed by atoms with van der Waals surface area (Å²) in [6.45, 7) is 0.889. The summed E-state index contributed by atoms with van der Waals surface area (Å²) in [4.78, 5) is 17.5. The maximum atomic E-state index is 12.5. The molecule has 0 spiro atoms. The lowest BCUT2D eigenvalue weighted by Crippen LogP contribution is -2.46. The summed E-state index contributed by atoms with van der Waals surface area (Å²) in [5.74, 6) is 0. The SMILES string of the molecule is O=C(Nc1c[nH]c2ccccc12)N1CCCC[C@H]1CCO. The summed E-state index contributed by atoms with van der Waals surface area (Å²) in [5.41, 5.74) is 1.82. The molecule has 21 heavy (non-hydrogen) atoms. The van der Waals surface area contributed by atoms with Crippen molar-refractivity contribution in [2.24, 2.45) is 0 Å². The summed E-state index contributed by atoms with van der Waals surface area (Å²) in [6.07, 6.45) is 5.61. The van der Waals surface area contributed by atoms with Crippen LogP contribution in [0.3, 0.4) is 0 Å². The molecule has 1 atom stereocenters. The van der Waals surface area contributed by atoms with E-state index in [4.69, 9.17) is 5.11 Å². The summed E-state index contributed by atoms with van der Waals surface area (Å²) >= 11 is 0. The second kappa shape index (κ2) is 6.18. The van der Waals surface area contributed by atoms with Crippen molar-refractivity contribution in [3.63, 3.8) is 0 Å². The molecule has 3 rings (SSSR count). The number of benzene rings is 1. The number of nitrogens with one attached hydrogen (secondary N) is 2. The number of carbonyl (C=O) groups excluding carboxylic acids is 1. The number of anilines is 1. The number of carbonyl (C=O) groups is 1. The van der Waals surface area contributed by atoms with Crippen LogP contribution in [0.25, 0.3) is 10.9 Å². The Kier molecular flexibility index (Phi) is 4.10. The van der Waals surface area contributed by atoms with Crippen molar-refractivity contribution in [2.45, 2.75) is 31.7 Å². The highest BCUT2D eigenvalue weighted by atomic mass is 16.3. The van der Waals surface area contributed by atoms with Crippen LogP contribution in [-0.2, 0) is 0 Å². The normalized spacial score (nSPS) is 18.9. The molecule has 5 nitrogen and oxygen atoms in total. The quantitative estimate of drug-likeness (QED) is 0.812. The number of urea groups is 1. The van der Waals surface area contributed by atoms with Gasteiger partial charge in [-0.05, 0) is 31.7 Å². The van der Waals surface area contributed by atoms with Gasteiger partial charge in [0.05, 0.1) is 5.69 Å². The zero-order valence-corrected chi connectivity index (χ0v) is 12.0. The number of hydrogen-bond donors (Lipinski definition) is 3. The van der Waals surface area contributed by atoms with Crippen molar-refractivity contribution in [1.29, 1.82) is 0 Å². The van der Waals surface area contributed by atoms with Crippen molar-refractivity contribution in [2.75, 3.05) is 18.5 Å². The van der Waals surface area contributed by atoms with Gasteiger partial charge in [-0.1, -0.05) is 18.2 Å². The number of fused-ring (bicyclic) bond motifs is 1. The van der Waals surface area contributed by atoms with Crippen molar-refractivity contribution in [3.8, 4) is 0 Å². The number of hydrogen-bond acceptors (Lipinski definition) is 2. The molecule has 1 aromatic heterocycles. The minimum absolute atomic E-state index is 0.0714. The molecule has 0 radical (unpaired) electrons. The molecule has 1 aromatic carbocycles. The fourth-order valence-electron chi connectivity index (χ4n) is 3.08. The lowest BCUT2D eigenvalue weighted by molar-refractivity contribution is 0.141. The summed E-state index contributed by atoms with van der Waals surface area (Å²) in [7, 11) is 0. The van der Waals surface area contributed by atoms with E-state index in [2.05, 4.69) is 10.3 Å². The van der Waals surface area contributed by atoms with Crippen LogP contribution in [0.4, 0.5) is 10.5 Å². The highest BCUT2D eigenvalue weighted by Crippen LogP contribution is 2.25. The lowest BCUT2D eigenvalue weighted by Gasteiger charge is -2.35. The maximum absolute atomic E-state index is 12.5. The molecule has 2 amide bonds. The first-order chi connectivity index (χ1) is 10.3. The van der Waals surface area contributed by atoms with Crippen molar-refractivity contribution in [3.05, 3.63) is 30.5 Å². The third-order valence-electron chi connectivity index (χ3n) is 4.18. The first-order valence-electron chi connectivity index (χ1n) is 7.54. The molecular weight excluding hydrogens is 266 g/mol. The fourth-order valence-corrected chi connectivity index (χ4v) is 3.08. The molecule has 0 bridgehead atoms. The molecule has 3 N–H and O–H groups in total. The number of amides is 2. The molecule has 5 heteroatoms. The van der Waals surface area contributed by atoms with Crippen LogP contribution in [0, 0.1) is 0 Å².